The molecule has 0 radical (unpaired) electrons. The quantitative estimate of drug-likeness (QED) is 0.847. The molecule has 4 heteroatoms. The van der Waals surface area contributed by atoms with Crippen LogP contribution in [0, 0.1) is 0 Å². The maximum Gasteiger partial charge on any atom is 0.178 e. The second-order valence-electron chi connectivity index (χ2n) is 4.14. The van der Waals surface area contributed by atoms with Crippen LogP contribution in [0.15, 0.2) is 30.3 Å². The predicted octanol–water partition coefficient (Wildman–Crippen LogP) is 3.23. The van der Waals surface area contributed by atoms with Gasteiger partial charge in [0.25, 0.3) is 0 Å². The summed E-state index contributed by atoms with van der Waals surface area (Å²) in [4.78, 5) is 11.3. The maximum atomic E-state index is 11.9. The lowest BCUT2D eigenvalue weighted by atomic mass is 9.97. The van der Waals surface area contributed by atoms with Gasteiger partial charge in [-0.25, -0.2) is 0 Å². The van der Waals surface area contributed by atoms with Crippen LogP contribution >= 0.6 is 31.9 Å². The first kappa shape index (κ1) is 13.9. The van der Waals surface area contributed by atoms with E-state index in [9.17, 15) is 9.90 Å². The molecule has 0 aliphatic carbocycles. The number of aliphatic hydroxyl groups is 1. The van der Waals surface area contributed by atoms with Crippen LogP contribution in [-0.2, 0) is 4.79 Å². The minimum Gasteiger partial charge on any atom is -0.383 e. The van der Waals surface area contributed by atoms with Crippen LogP contribution in [0.5, 0.6) is 0 Å². The normalized spacial score (nSPS) is 15.6. The Morgan fingerprint density at radius 3 is 2.19 bits per heavy atom. The summed E-state index contributed by atoms with van der Waals surface area (Å²) in [5.41, 5.74) is -0.323. The zero-order chi connectivity index (χ0) is 12.3. The van der Waals surface area contributed by atoms with Crippen molar-refractivity contribution in [3.63, 3.8) is 0 Å². The lowest BCUT2D eigenvalue weighted by Gasteiger charge is -2.23. The first-order chi connectivity index (χ1) is 7.34. The van der Waals surface area contributed by atoms with Crippen molar-refractivity contribution in [2.24, 2.45) is 0 Å². The first-order valence-electron chi connectivity index (χ1n) is 4.94. The summed E-state index contributed by atoms with van der Waals surface area (Å²) in [6.45, 7) is 2.99. The summed E-state index contributed by atoms with van der Waals surface area (Å²) in [6, 6.07) is 9.62. The van der Waals surface area contributed by atoms with E-state index in [-0.39, 0.29) is 10.6 Å². The molecule has 0 amide bonds. The van der Waals surface area contributed by atoms with Gasteiger partial charge in [-0.3, -0.25) is 4.79 Å². The smallest absolute Gasteiger partial charge is 0.178 e. The summed E-state index contributed by atoms with van der Waals surface area (Å²) in [7, 11) is 0. The Kier molecular flexibility index (Phi) is 4.71. The van der Waals surface area contributed by atoms with Crippen LogP contribution < -0.4 is 0 Å². The molecule has 2 unspecified atom stereocenters. The highest BCUT2D eigenvalue weighted by Gasteiger charge is 2.34. The summed E-state index contributed by atoms with van der Waals surface area (Å²) in [5, 5.41) is 9.65. The molecule has 1 N–H and O–H groups in total. The van der Waals surface area contributed by atoms with Crippen LogP contribution in [0.1, 0.15) is 24.2 Å². The van der Waals surface area contributed by atoms with Gasteiger partial charge >= 0.3 is 0 Å². The van der Waals surface area contributed by atoms with E-state index in [0.29, 0.717) is 0 Å². The van der Waals surface area contributed by atoms with E-state index in [1.54, 1.807) is 0 Å². The first-order valence-corrected chi connectivity index (χ1v) is 6.77. The van der Waals surface area contributed by atoms with Gasteiger partial charge in [-0.2, -0.15) is 0 Å². The molecule has 0 spiro atoms. The van der Waals surface area contributed by atoms with Gasteiger partial charge in [-0.05, 0) is 19.4 Å². The number of hydrogen-bond acceptors (Lipinski definition) is 2. The number of carbonyl (C=O) groups is 1. The van der Waals surface area contributed by atoms with E-state index in [1.807, 2.05) is 30.3 Å². The SMILES string of the molecule is CC(C)(O)C(=O)C(Br)C(Br)c1ccccc1. The Morgan fingerprint density at radius 2 is 1.75 bits per heavy atom. The number of alkyl halides is 2. The van der Waals surface area contributed by atoms with Crippen molar-refractivity contribution < 1.29 is 9.90 Å². The summed E-state index contributed by atoms with van der Waals surface area (Å²) < 4.78 is 0. The van der Waals surface area contributed by atoms with Gasteiger partial charge in [0, 0.05) is 0 Å². The second-order valence-corrected chi connectivity index (χ2v) is 6.11. The van der Waals surface area contributed by atoms with E-state index in [1.165, 1.54) is 13.8 Å². The third kappa shape index (κ3) is 3.40. The number of carbonyl (C=O) groups excluding carboxylic acids is 1. The standard InChI is InChI=1S/C12H14Br2O2/c1-12(2,16)11(15)10(14)9(13)8-6-4-3-5-7-8/h3-7,9-10,16H,1-2H3. The molecule has 0 fully saturated rings. The minimum absolute atomic E-state index is 0.146. The maximum absolute atomic E-state index is 11.9. The molecule has 0 aromatic heterocycles. The van der Waals surface area contributed by atoms with Gasteiger partial charge in [-0.1, -0.05) is 62.2 Å². The molecule has 0 aliphatic rings. The van der Waals surface area contributed by atoms with Crippen LogP contribution in [-0.4, -0.2) is 21.3 Å². The predicted molar refractivity (Wildman–Crippen MR) is 72.1 cm³/mol. The fourth-order valence-electron chi connectivity index (χ4n) is 1.28. The Labute approximate surface area is 112 Å². The van der Waals surface area contributed by atoms with Crippen molar-refractivity contribution >= 4 is 37.6 Å². The molecule has 1 aromatic rings. The lowest BCUT2D eigenvalue weighted by Crippen LogP contribution is -2.38. The van der Waals surface area contributed by atoms with Crippen LogP contribution in [0.25, 0.3) is 0 Å². The molecular weight excluding hydrogens is 336 g/mol. The van der Waals surface area contributed by atoms with Crippen molar-refractivity contribution in [1.82, 2.24) is 0 Å². The molecule has 0 saturated heterocycles. The van der Waals surface area contributed by atoms with Gasteiger partial charge in [-0.15, -0.1) is 0 Å². The fourth-order valence-corrected chi connectivity index (χ4v) is 2.69. The zero-order valence-corrected chi connectivity index (χ0v) is 12.3. The molecule has 1 aromatic carbocycles. The Hall–Kier alpha value is -0.190. The average molecular weight is 350 g/mol. The minimum atomic E-state index is -1.32. The third-order valence-corrected chi connectivity index (χ3v) is 4.94. The summed E-state index contributed by atoms with van der Waals surface area (Å²) in [5.74, 6) is -0.238. The number of benzene rings is 1. The van der Waals surface area contributed by atoms with Gasteiger partial charge < -0.3 is 5.11 Å². The molecule has 0 saturated carbocycles. The third-order valence-electron chi connectivity index (χ3n) is 2.23. The van der Waals surface area contributed by atoms with Crippen LogP contribution in [0.3, 0.4) is 0 Å². The van der Waals surface area contributed by atoms with Crippen LogP contribution in [0.4, 0.5) is 0 Å². The number of Topliss-reactive ketones (excluding diaryl/α,β-unsaturated/α-hetero) is 1. The number of ketones is 1. The molecule has 0 aliphatic heterocycles. The highest BCUT2D eigenvalue weighted by atomic mass is 79.9. The van der Waals surface area contributed by atoms with Crippen molar-refractivity contribution in [1.29, 1.82) is 0 Å². The number of rotatable bonds is 4. The van der Waals surface area contributed by atoms with E-state index in [4.69, 9.17) is 0 Å². The molecule has 1 rings (SSSR count). The topological polar surface area (TPSA) is 37.3 Å². The Balaban J connectivity index is 2.83. The molecule has 2 nitrogen and oxygen atoms in total. The average Bonchev–Trinajstić information content (AvgIpc) is 2.26. The fraction of sp³-hybridized carbons (Fsp3) is 0.417. The Morgan fingerprint density at radius 1 is 1.25 bits per heavy atom. The largest absolute Gasteiger partial charge is 0.383 e. The second kappa shape index (κ2) is 5.43. The van der Waals surface area contributed by atoms with Crippen molar-refractivity contribution in [2.75, 3.05) is 0 Å². The van der Waals surface area contributed by atoms with E-state index in [2.05, 4.69) is 31.9 Å². The van der Waals surface area contributed by atoms with Gasteiger partial charge in [0.1, 0.15) is 5.60 Å². The highest BCUT2D eigenvalue weighted by molar-refractivity contribution is 9.12. The van der Waals surface area contributed by atoms with Gasteiger partial charge in [0.15, 0.2) is 5.78 Å². The summed E-state index contributed by atoms with van der Waals surface area (Å²) >= 11 is 6.79. The molecule has 16 heavy (non-hydrogen) atoms. The number of hydrogen-bond donors (Lipinski definition) is 1. The van der Waals surface area contributed by atoms with Gasteiger partial charge in [0.2, 0.25) is 0 Å². The van der Waals surface area contributed by atoms with Crippen LogP contribution in [0.2, 0.25) is 0 Å². The highest BCUT2D eigenvalue weighted by Crippen LogP contribution is 2.33. The number of halogens is 2. The summed E-state index contributed by atoms with van der Waals surface area (Å²) in [6.07, 6.45) is 0. The van der Waals surface area contributed by atoms with E-state index < -0.39 is 10.4 Å². The molecule has 2 atom stereocenters. The zero-order valence-electron chi connectivity index (χ0n) is 9.15. The Bertz CT molecular complexity index is 357. The lowest BCUT2D eigenvalue weighted by molar-refractivity contribution is -0.133. The van der Waals surface area contributed by atoms with Crippen molar-refractivity contribution in [3.05, 3.63) is 35.9 Å². The molecule has 88 valence electrons. The van der Waals surface area contributed by atoms with E-state index >= 15 is 0 Å². The van der Waals surface area contributed by atoms with Gasteiger partial charge in [0.05, 0.1) is 9.65 Å². The van der Waals surface area contributed by atoms with E-state index in [0.717, 1.165) is 5.56 Å². The monoisotopic (exact) mass is 348 g/mol. The molecule has 0 bridgehead atoms. The molecule has 0 heterocycles. The van der Waals surface area contributed by atoms with Crippen molar-refractivity contribution in [2.45, 2.75) is 29.1 Å². The van der Waals surface area contributed by atoms with Crippen molar-refractivity contribution in [3.8, 4) is 0 Å². The molecular formula is C12H14Br2O2.